The molecular formula is C26H40O6. The van der Waals surface area contributed by atoms with E-state index in [1.54, 1.807) is 6.92 Å². The fourth-order valence-corrected chi connectivity index (χ4v) is 4.12. The molecule has 6 heteroatoms. The van der Waals surface area contributed by atoms with Gasteiger partial charge in [-0.1, -0.05) is 51.1 Å². The van der Waals surface area contributed by atoms with E-state index in [0.717, 1.165) is 23.1 Å². The summed E-state index contributed by atoms with van der Waals surface area (Å²) in [6.07, 6.45) is -0.183. The Hall–Kier alpha value is -1.73. The third-order valence-electron chi connectivity index (χ3n) is 6.90. The van der Waals surface area contributed by atoms with Gasteiger partial charge < -0.3 is 25.2 Å². The molecule has 32 heavy (non-hydrogen) atoms. The molecule has 0 saturated carbocycles. The highest BCUT2D eigenvalue weighted by Crippen LogP contribution is 2.32. The number of carbonyl (C=O) groups excluding carboxylic acids is 1. The van der Waals surface area contributed by atoms with Gasteiger partial charge in [0.1, 0.15) is 6.10 Å². The molecule has 0 spiro atoms. The van der Waals surface area contributed by atoms with Gasteiger partial charge in [0.15, 0.2) is 0 Å². The summed E-state index contributed by atoms with van der Waals surface area (Å²) in [4.78, 5) is 12.8. The van der Waals surface area contributed by atoms with Crippen LogP contribution in [0.5, 0.6) is 0 Å². The summed E-state index contributed by atoms with van der Waals surface area (Å²) in [7, 11) is 0. The Morgan fingerprint density at radius 2 is 1.94 bits per heavy atom. The minimum Gasteiger partial charge on any atom is -0.457 e. The van der Waals surface area contributed by atoms with E-state index in [0.29, 0.717) is 6.42 Å². The Morgan fingerprint density at radius 3 is 2.56 bits per heavy atom. The van der Waals surface area contributed by atoms with E-state index in [1.807, 2.05) is 58.0 Å². The molecule has 0 radical (unpaired) electrons. The first-order valence-corrected chi connectivity index (χ1v) is 11.6. The molecule has 1 aliphatic rings. The second-order valence-corrected chi connectivity index (χ2v) is 9.81. The Balaban J connectivity index is 2.42. The first kappa shape index (κ1) is 26.5. The molecule has 1 heterocycles. The van der Waals surface area contributed by atoms with Gasteiger partial charge in [-0.3, -0.25) is 4.79 Å². The zero-order valence-corrected chi connectivity index (χ0v) is 20.0. The summed E-state index contributed by atoms with van der Waals surface area (Å²) in [6, 6.07) is 7.65. The van der Waals surface area contributed by atoms with Crippen LogP contribution < -0.4 is 0 Å². The van der Waals surface area contributed by atoms with Gasteiger partial charge in [0.25, 0.3) is 0 Å². The monoisotopic (exact) mass is 448 g/mol. The van der Waals surface area contributed by atoms with Crippen LogP contribution >= 0.6 is 0 Å². The summed E-state index contributed by atoms with van der Waals surface area (Å²) in [6.45, 7) is 9.28. The lowest BCUT2D eigenvalue weighted by molar-refractivity contribution is -0.156. The first-order valence-electron chi connectivity index (χ1n) is 11.6. The highest BCUT2D eigenvalue weighted by Gasteiger charge is 2.34. The average Bonchev–Trinajstić information content (AvgIpc) is 2.75. The van der Waals surface area contributed by atoms with Gasteiger partial charge in [0.2, 0.25) is 0 Å². The lowest BCUT2D eigenvalue weighted by Gasteiger charge is -2.34. The van der Waals surface area contributed by atoms with E-state index in [-0.39, 0.29) is 25.4 Å². The minimum absolute atomic E-state index is 0.0170. The topological polar surface area (TPSA) is 107 Å². The fraction of sp³-hybridized carbons (Fsp3) is 0.654. The molecule has 0 fully saturated rings. The van der Waals surface area contributed by atoms with Crippen molar-refractivity contribution in [1.29, 1.82) is 0 Å². The van der Waals surface area contributed by atoms with Gasteiger partial charge in [-0.15, -0.1) is 0 Å². The van der Waals surface area contributed by atoms with Gasteiger partial charge >= 0.3 is 5.97 Å². The van der Waals surface area contributed by atoms with Crippen molar-refractivity contribution in [1.82, 2.24) is 0 Å². The van der Waals surface area contributed by atoms with Crippen molar-refractivity contribution in [2.24, 2.45) is 11.8 Å². The number of ether oxygens (including phenoxy) is 1. The van der Waals surface area contributed by atoms with Crippen molar-refractivity contribution < 1.29 is 30.0 Å². The van der Waals surface area contributed by atoms with E-state index in [1.165, 1.54) is 0 Å². The Labute approximate surface area is 191 Å². The zero-order chi connectivity index (χ0) is 24.1. The number of aliphatic hydroxyl groups is 4. The second-order valence-electron chi connectivity index (χ2n) is 9.81. The van der Waals surface area contributed by atoms with E-state index in [9.17, 15) is 25.2 Å². The molecular weight excluding hydrogens is 408 g/mol. The summed E-state index contributed by atoms with van der Waals surface area (Å²) in [5.74, 6) is -1.35. The van der Waals surface area contributed by atoms with Gasteiger partial charge in [-0.05, 0) is 43.4 Å². The quantitative estimate of drug-likeness (QED) is 0.417. The van der Waals surface area contributed by atoms with Crippen LogP contribution in [0, 0.1) is 11.8 Å². The Bertz CT molecular complexity index is 782. The molecule has 6 atom stereocenters. The summed E-state index contributed by atoms with van der Waals surface area (Å²) >= 11 is 0. The smallest absolute Gasteiger partial charge is 0.311 e. The molecule has 6 nitrogen and oxygen atoms in total. The van der Waals surface area contributed by atoms with Gasteiger partial charge in [-0.2, -0.15) is 0 Å². The fourth-order valence-electron chi connectivity index (χ4n) is 4.12. The van der Waals surface area contributed by atoms with E-state index in [4.69, 9.17) is 4.74 Å². The van der Waals surface area contributed by atoms with Gasteiger partial charge in [-0.25, -0.2) is 0 Å². The van der Waals surface area contributed by atoms with E-state index in [2.05, 4.69) is 0 Å². The van der Waals surface area contributed by atoms with Gasteiger partial charge in [0, 0.05) is 30.8 Å². The number of fused-ring (bicyclic) bond motifs is 2. The van der Waals surface area contributed by atoms with Gasteiger partial charge in [0.05, 0.1) is 24.2 Å². The maximum absolute atomic E-state index is 12.8. The number of cyclic esters (lactones) is 1. The number of aliphatic hydroxyl groups excluding tert-OH is 4. The predicted octanol–water partition coefficient (Wildman–Crippen LogP) is 2.90. The van der Waals surface area contributed by atoms with Crippen LogP contribution in [-0.2, 0) is 21.4 Å². The molecule has 0 aliphatic carbocycles. The number of benzene rings is 1. The molecule has 4 N–H and O–H groups in total. The molecule has 180 valence electrons. The Morgan fingerprint density at radius 1 is 1.25 bits per heavy atom. The normalized spacial score (nSPS) is 30.8. The van der Waals surface area contributed by atoms with Crippen molar-refractivity contribution in [2.75, 3.05) is 6.61 Å². The molecule has 0 amide bonds. The molecule has 1 aromatic rings. The molecule has 1 aromatic carbocycles. The minimum atomic E-state index is -0.926. The number of rotatable bonds is 4. The second kappa shape index (κ2) is 11.4. The average molecular weight is 449 g/mol. The van der Waals surface area contributed by atoms with Crippen LogP contribution in [0.25, 0.3) is 0 Å². The first-order chi connectivity index (χ1) is 15.0. The summed E-state index contributed by atoms with van der Waals surface area (Å²) in [5, 5.41) is 42.0. The maximum Gasteiger partial charge on any atom is 0.311 e. The molecule has 0 saturated heterocycles. The largest absolute Gasteiger partial charge is 0.457 e. The molecule has 2 rings (SSSR count). The van der Waals surface area contributed by atoms with Crippen LogP contribution in [0.3, 0.4) is 0 Å². The lowest BCUT2D eigenvalue weighted by Crippen LogP contribution is -2.39. The summed E-state index contributed by atoms with van der Waals surface area (Å²) in [5.41, 5.74) is 1.91. The van der Waals surface area contributed by atoms with Crippen LogP contribution in [0.4, 0.5) is 0 Å². The molecule has 2 bridgehead atoms. The number of hydrogen-bond acceptors (Lipinski definition) is 6. The van der Waals surface area contributed by atoms with Crippen LogP contribution in [0.2, 0.25) is 0 Å². The molecule has 0 aromatic heterocycles. The van der Waals surface area contributed by atoms with Crippen LogP contribution in [0.1, 0.15) is 65.0 Å². The third-order valence-corrected chi connectivity index (χ3v) is 6.90. The zero-order valence-electron chi connectivity index (χ0n) is 20.0. The standard InChI is InChI=1S/C26H40O6/c1-6-18(15-27)10-16(2)23-13-21(28)14-24(30)26(4,5)20-9-7-8-19(11-20)12-22(29)17(3)25(31)32-23/h7-11,17-18,21-24,27-30H,6,12-15H2,1-5H3/b16-10-/t17-,18+,21-,22+,23-,24-/m0/s1. The SMILES string of the molecule is CC[C@H](/C=C(/C)[C@@H]1C[C@H](O)C[C@H](O)C(C)(C)c2cccc(c2)C[C@@H](O)[C@H](C)C(=O)O1)CO. The highest BCUT2D eigenvalue weighted by molar-refractivity contribution is 5.73. The number of hydrogen-bond donors (Lipinski definition) is 4. The summed E-state index contributed by atoms with van der Waals surface area (Å²) < 4.78 is 5.75. The van der Waals surface area contributed by atoms with Crippen LogP contribution in [0.15, 0.2) is 35.9 Å². The third kappa shape index (κ3) is 6.64. The highest BCUT2D eigenvalue weighted by atomic mass is 16.5. The van der Waals surface area contributed by atoms with Crippen molar-refractivity contribution >= 4 is 5.97 Å². The van der Waals surface area contributed by atoms with Crippen molar-refractivity contribution in [3.63, 3.8) is 0 Å². The van der Waals surface area contributed by atoms with E-state index >= 15 is 0 Å². The molecule has 0 unspecified atom stereocenters. The number of esters is 1. The Kier molecular flexibility index (Phi) is 9.46. The van der Waals surface area contributed by atoms with Crippen molar-refractivity contribution in [3.8, 4) is 0 Å². The van der Waals surface area contributed by atoms with Crippen molar-refractivity contribution in [2.45, 2.75) is 90.1 Å². The van der Waals surface area contributed by atoms with Crippen molar-refractivity contribution in [3.05, 3.63) is 47.0 Å². The van der Waals surface area contributed by atoms with E-state index < -0.39 is 41.7 Å². The lowest BCUT2D eigenvalue weighted by atomic mass is 9.76. The predicted molar refractivity (Wildman–Crippen MR) is 124 cm³/mol. The number of carbonyl (C=O) groups is 1. The maximum atomic E-state index is 12.8. The molecule has 1 aliphatic heterocycles. The van der Waals surface area contributed by atoms with Crippen LogP contribution in [-0.4, -0.2) is 57.4 Å².